The fourth-order valence-corrected chi connectivity index (χ4v) is 10.4. The molecule has 0 bridgehead atoms. The van der Waals surface area contributed by atoms with E-state index in [9.17, 15) is 0 Å². The van der Waals surface area contributed by atoms with Gasteiger partial charge in [-0.25, -0.2) is 0 Å². The quantitative estimate of drug-likeness (QED) is 0.175. The maximum Gasteiger partial charge on any atom is 0.0630 e. The number of rotatable bonds is 5. The minimum atomic E-state index is 0.220. The van der Waals surface area contributed by atoms with E-state index in [0.29, 0.717) is 5.92 Å². The van der Waals surface area contributed by atoms with Gasteiger partial charge in [-0.15, -0.1) is 0 Å². The fraction of sp³-hybridized carbons (Fsp3) is 0.111. The van der Waals surface area contributed by atoms with Gasteiger partial charge in [-0.3, -0.25) is 0 Å². The van der Waals surface area contributed by atoms with Crippen LogP contribution >= 0.6 is 0 Å². The highest BCUT2D eigenvalue weighted by Crippen LogP contribution is 2.51. The zero-order valence-electron chi connectivity index (χ0n) is 31.6. The molecule has 272 valence electrons. The predicted molar refractivity (Wildman–Crippen MR) is 238 cm³/mol. The lowest BCUT2D eigenvalue weighted by Gasteiger charge is -2.31. The average molecular weight is 732 g/mol. The predicted octanol–water partition coefficient (Wildman–Crippen LogP) is 13.2. The summed E-state index contributed by atoms with van der Waals surface area (Å²) in [5.74, 6) is 0.561. The van der Waals surface area contributed by atoms with Crippen LogP contribution in [0.1, 0.15) is 46.2 Å². The van der Waals surface area contributed by atoms with Gasteiger partial charge in [0.2, 0.25) is 0 Å². The molecule has 1 aromatic heterocycles. The third-order valence-electron chi connectivity index (χ3n) is 12.9. The van der Waals surface area contributed by atoms with Crippen molar-refractivity contribution in [1.82, 2.24) is 4.57 Å². The number of allylic oxidation sites excluding steroid dienone is 5. The summed E-state index contributed by atoms with van der Waals surface area (Å²) in [4.78, 5) is 5.10. The molecule has 5 aliphatic rings. The molecule has 2 aliphatic heterocycles. The first kappa shape index (κ1) is 32.4. The molecule has 0 amide bonds. The van der Waals surface area contributed by atoms with Crippen LogP contribution in [0.4, 0.5) is 22.7 Å². The van der Waals surface area contributed by atoms with Crippen molar-refractivity contribution in [2.75, 3.05) is 9.80 Å². The lowest BCUT2D eigenvalue weighted by molar-refractivity contribution is 0.744. The molecular formula is C54H41N3. The van der Waals surface area contributed by atoms with Gasteiger partial charge in [-0.05, 0) is 125 Å². The summed E-state index contributed by atoms with van der Waals surface area (Å²) in [5.41, 5.74) is 18.0. The van der Waals surface area contributed by atoms with Gasteiger partial charge < -0.3 is 14.4 Å². The lowest BCUT2D eigenvalue weighted by Crippen LogP contribution is -2.29. The van der Waals surface area contributed by atoms with Gasteiger partial charge in [-0.1, -0.05) is 127 Å². The standard InChI is InChI=1S/C54H41N3/c1-3-15-40(16-4-1)55-51-25-13-9-21-45(51)47-34-36(27-29-53(47)55)38-31-39(33-42(32-38)57-49-23-11-7-19-43(49)44-20-8-12-24-50(44)57)37-28-30-54-48(35-37)46-22-10-14-26-52(46)56(54)41-17-5-2-6-18-41/h1-9,11-21,23-35,43,47,49,53H,10,22H2. The largest absolute Gasteiger partial charge is 0.333 e. The van der Waals surface area contributed by atoms with Crippen LogP contribution in [0.3, 0.4) is 0 Å². The van der Waals surface area contributed by atoms with E-state index in [1.54, 1.807) is 0 Å². The van der Waals surface area contributed by atoms with E-state index >= 15 is 0 Å². The highest BCUT2D eigenvalue weighted by Gasteiger charge is 2.39. The molecule has 0 radical (unpaired) electrons. The SMILES string of the molecule is C1=CC2c3ccccc3N(c3cc(C4=CC5c6ccccc6N(c6ccccc6)C5C=C4)cc(-c4ccc5c(c4)c4c(n5-c5ccccc5)C=CCC4)c3)C2C=C1. The Morgan fingerprint density at radius 2 is 1.16 bits per heavy atom. The summed E-state index contributed by atoms with van der Waals surface area (Å²) in [6, 6.07) is 54.6. The maximum absolute atomic E-state index is 2.59. The summed E-state index contributed by atoms with van der Waals surface area (Å²) in [6.45, 7) is 0. The molecule has 4 unspecified atom stereocenters. The van der Waals surface area contributed by atoms with Crippen molar-refractivity contribution in [2.24, 2.45) is 0 Å². The Morgan fingerprint density at radius 3 is 1.96 bits per heavy atom. The fourth-order valence-electron chi connectivity index (χ4n) is 10.4. The number of fused-ring (bicyclic) bond motifs is 9. The summed E-state index contributed by atoms with van der Waals surface area (Å²) in [6.07, 6.45) is 23.3. The normalized spacial score (nSPS) is 20.9. The number of anilines is 4. The number of hydrogen-bond acceptors (Lipinski definition) is 2. The van der Waals surface area contributed by atoms with Crippen LogP contribution in [0.2, 0.25) is 0 Å². The summed E-state index contributed by atoms with van der Waals surface area (Å²) >= 11 is 0. The molecule has 57 heavy (non-hydrogen) atoms. The van der Waals surface area contributed by atoms with Crippen molar-refractivity contribution in [1.29, 1.82) is 0 Å². The molecule has 3 heteroatoms. The second-order valence-corrected chi connectivity index (χ2v) is 16.0. The zero-order chi connectivity index (χ0) is 37.5. The first-order valence-corrected chi connectivity index (χ1v) is 20.4. The molecule has 0 spiro atoms. The van der Waals surface area contributed by atoms with E-state index in [-0.39, 0.29) is 18.0 Å². The number of benzene rings is 6. The maximum atomic E-state index is 2.59. The van der Waals surface area contributed by atoms with Crippen LogP contribution in [0.15, 0.2) is 194 Å². The van der Waals surface area contributed by atoms with E-state index in [4.69, 9.17) is 0 Å². The van der Waals surface area contributed by atoms with Gasteiger partial charge in [-0.2, -0.15) is 0 Å². The third-order valence-corrected chi connectivity index (χ3v) is 12.9. The van der Waals surface area contributed by atoms with Gasteiger partial charge in [0, 0.05) is 51.4 Å². The third kappa shape index (κ3) is 5.05. The molecule has 3 nitrogen and oxygen atoms in total. The molecular weight excluding hydrogens is 691 g/mol. The van der Waals surface area contributed by atoms with Crippen LogP contribution in [0, 0.1) is 0 Å². The molecule has 3 heterocycles. The topological polar surface area (TPSA) is 11.4 Å². The van der Waals surface area contributed by atoms with Crippen LogP contribution in [-0.4, -0.2) is 16.7 Å². The lowest BCUT2D eigenvalue weighted by atomic mass is 9.85. The van der Waals surface area contributed by atoms with Gasteiger partial charge in [0.15, 0.2) is 0 Å². The summed E-state index contributed by atoms with van der Waals surface area (Å²) < 4.78 is 2.45. The molecule has 7 aromatic rings. The van der Waals surface area contributed by atoms with E-state index in [0.717, 1.165) is 12.8 Å². The Labute approximate surface area is 334 Å². The Bertz CT molecular complexity index is 2890. The molecule has 0 N–H and O–H groups in total. The number of nitrogens with zero attached hydrogens (tertiary/aromatic N) is 3. The highest BCUT2D eigenvalue weighted by atomic mass is 15.2. The van der Waals surface area contributed by atoms with Gasteiger partial charge in [0.1, 0.15) is 0 Å². The molecule has 3 aliphatic carbocycles. The molecule has 0 fully saturated rings. The Morgan fingerprint density at radius 1 is 0.491 bits per heavy atom. The molecule has 6 aromatic carbocycles. The van der Waals surface area contributed by atoms with Crippen molar-refractivity contribution in [3.8, 4) is 16.8 Å². The number of hydrogen-bond donors (Lipinski definition) is 0. The first-order chi connectivity index (χ1) is 28.3. The molecule has 0 saturated carbocycles. The Hall–Kier alpha value is -6.84. The van der Waals surface area contributed by atoms with Crippen molar-refractivity contribution in [3.63, 3.8) is 0 Å². The Kier molecular flexibility index (Phi) is 7.31. The van der Waals surface area contributed by atoms with Crippen LogP contribution in [0.25, 0.3) is 39.4 Å². The molecule has 12 rings (SSSR count). The summed E-state index contributed by atoms with van der Waals surface area (Å²) in [5, 5.41) is 1.35. The molecule has 4 atom stereocenters. The van der Waals surface area contributed by atoms with E-state index < -0.39 is 0 Å². The van der Waals surface area contributed by atoms with E-state index in [1.807, 2.05) is 0 Å². The number of aromatic nitrogens is 1. The minimum Gasteiger partial charge on any atom is -0.333 e. The van der Waals surface area contributed by atoms with Crippen LogP contribution < -0.4 is 9.80 Å². The Balaban J connectivity index is 1.03. The summed E-state index contributed by atoms with van der Waals surface area (Å²) in [7, 11) is 0. The van der Waals surface area contributed by atoms with Crippen LogP contribution in [-0.2, 0) is 6.42 Å². The van der Waals surface area contributed by atoms with Crippen molar-refractivity contribution in [2.45, 2.75) is 36.8 Å². The zero-order valence-corrected chi connectivity index (χ0v) is 31.6. The molecule has 0 saturated heterocycles. The van der Waals surface area contributed by atoms with Crippen molar-refractivity contribution < 1.29 is 0 Å². The monoisotopic (exact) mass is 731 g/mol. The van der Waals surface area contributed by atoms with Gasteiger partial charge in [0.25, 0.3) is 0 Å². The number of para-hydroxylation sites is 4. The van der Waals surface area contributed by atoms with Gasteiger partial charge in [0.05, 0.1) is 17.6 Å². The van der Waals surface area contributed by atoms with Gasteiger partial charge >= 0.3 is 0 Å². The van der Waals surface area contributed by atoms with Crippen molar-refractivity contribution in [3.05, 3.63) is 222 Å². The second kappa shape index (κ2) is 12.9. The van der Waals surface area contributed by atoms with Crippen molar-refractivity contribution >= 4 is 45.3 Å². The highest BCUT2D eigenvalue weighted by molar-refractivity contribution is 5.95. The van der Waals surface area contributed by atoms with E-state index in [2.05, 4.69) is 215 Å². The van der Waals surface area contributed by atoms with E-state index in [1.165, 1.54) is 84.0 Å². The smallest absolute Gasteiger partial charge is 0.0630 e. The second-order valence-electron chi connectivity index (χ2n) is 16.0. The minimum absolute atomic E-state index is 0.220. The first-order valence-electron chi connectivity index (χ1n) is 20.4. The van der Waals surface area contributed by atoms with Crippen LogP contribution in [0.5, 0.6) is 0 Å². The number of aryl methyl sites for hydroxylation is 1. The average Bonchev–Trinajstić information content (AvgIpc) is 3.92.